The number of amides is 1. The maximum atomic E-state index is 12.1. The molecule has 2 heterocycles. The van der Waals surface area contributed by atoms with Gasteiger partial charge < -0.3 is 5.32 Å². The molecule has 19 heavy (non-hydrogen) atoms. The van der Waals surface area contributed by atoms with Gasteiger partial charge in [0.2, 0.25) is 0 Å². The Balaban J connectivity index is 2.11. The summed E-state index contributed by atoms with van der Waals surface area (Å²) in [6, 6.07) is 1.55. The van der Waals surface area contributed by atoms with Crippen LogP contribution in [0.3, 0.4) is 0 Å². The Morgan fingerprint density at radius 1 is 1.47 bits per heavy atom. The van der Waals surface area contributed by atoms with E-state index in [1.54, 1.807) is 18.5 Å². The third kappa shape index (κ3) is 3.34. The Bertz CT molecular complexity index is 539. The Kier molecular flexibility index (Phi) is 4.17. The minimum Gasteiger partial charge on any atom is -0.342 e. The van der Waals surface area contributed by atoms with E-state index >= 15 is 0 Å². The quantitative estimate of drug-likeness (QED) is 0.841. The number of pyridine rings is 1. The molecule has 7 heteroatoms. The van der Waals surface area contributed by atoms with Crippen molar-refractivity contribution < 1.29 is 4.79 Å². The van der Waals surface area contributed by atoms with E-state index in [1.165, 1.54) is 0 Å². The van der Waals surface area contributed by atoms with E-state index in [0.717, 1.165) is 18.4 Å². The molecule has 0 bridgehead atoms. The summed E-state index contributed by atoms with van der Waals surface area (Å²) < 4.78 is 0. The number of carbonyl (C=O) groups is 1. The zero-order valence-electron chi connectivity index (χ0n) is 10.9. The number of aromatic amines is 1. The Labute approximate surface area is 110 Å². The SMILES string of the molecule is CCCC(NC(=O)c1cncc(C)c1)c1nn[nH]n1. The maximum Gasteiger partial charge on any atom is 0.253 e. The second kappa shape index (κ2) is 6.03. The molecule has 0 fully saturated rings. The van der Waals surface area contributed by atoms with Crippen molar-refractivity contribution in [2.75, 3.05) is 0 Å². The molecule has 0 radical (unpaired) electrons. The highest BCUT2D eigenvalue weighted by Gasteiger charge is 2.18. The van der Waals surface area contributed by atoms with Crippen molar-refractivity contribution in [1.29, 1.82) is 0 Å². The summed E-state index contributed by atoms with van der Waals surface area (Å²) in [7, 11) is 0. The van der Waals surface area contributed by atoms with Crippen molar-refractivity contribution in [3.63, 3.8) is 0 Å². The normalized spacial score (nSPS) is 12.1. The molecular formula is C12H16N6O. The van der Waals surface area contributed by atoms with Gasteiger partial charge in [-0.1, -0.05) is 18.6 Å². The molecule has 0 saturated heterocycles. The van der Waals surface area contributed by atoms with E-state index in [4.69, 9.17) is 0 Å². The molecule has 2 N–H and O–H groups in total. The number of rotatable bonds is 5. The standard InChI is InChI=1S/C12H16N6O/c1-3-4-10(11-15-17-18-16-11)14-12(19)9-5-8(2)6-13-7-9/h5-7,10H,3-4H2,1-2H3,(H,14,19)(H,15,16,17,18). The van der Waals surface area contributed by atoms with Crippen LogP contribution >= 0.6 is 0 Å². The molecule has 1 unspecified atom stereocenters. The van der Waals surface area contributed by atoms with E-state index in [-0.39, 0.29) is 11.9 Å². The van der Waals surface area contributed by atoms with Gasteiger partial charge in [-0.25, -0.2) is 0 Å². The third-order valence-electron chi connectivity index (χ3n) is 2.69. The molecule has 1 atom stereocenters. The molecule has 0 saturated carbocycles. The number of nitrogens with one attached hydrogen (secondary N) is 2. The Hall–Kier alpha value is -2.31. The summed E-state index contributed by atoms with van der Waals surface area (Å²) >= 11 is 0. The number of aromatic nitrogens is 5. The first-order valence-electron chi connectivity index (χ1n) is 6.16. The van der Waals surface area contributed by atoms with Crippen molar-refractivity contribution in [2.24, 2.45) is 0 Å². The van der Waals surface area contributed by atoms with Crippen LogP contribution in [0.1, 0.15) is 47.6 Å². The van der Waals surface area contributed by atoms with Gasteiger partial charge in [0.25, 0.3) is 5.91 Å². The fourth-order valence-corrected chi connectivity index (χ4v) is 1.79. The molecule has 1 amide bonds. The smallest absolute Gasteiger partial charge is 0.253 e. The summed E-state index contributed by atoms with van der Waals surface area (Å²) in [5.74, 6) is 0.315. The number of aryl methyl sites for hydroxylation is 1. The predicted octanol–water partition coefficient (Wildman–Crippen LogP) is 1.17. The minimum absolute atomic E-state index is 0.181. The summed E-state index contributed by atoms with van der Waals surface area (Å²) in [5.41, 5.74) is 1.48. The average Bonchev–Trinajstić information content (AvgIpc) is 2.92. The molecule has 0 aliphatic heterocycles. The van der Waals surface area contributed by atoms with E-state index in [9.17, 15) is 4.79 Å². The molecule has 0 aliphatic carbocycles. The lowest BCUT2D eigenvalue weighted by Crippen LogP contribution is -2.29. The maximum absolute atomic E-state index is 12.1. The van der Waals surface area contributed by atoms with Crippen molar-refractivity contribution in [2.45, 2.75) is 32.7 Å². The van der Waals surface area contributed by atoms with Crippen molar-refractivity contribution in [3.05, 3.63) is 35.4 Å². The lowest BCUT2D eigenvalue weighted by Gasteiger charge is -2.14. The molecule has 0 spiro atoms. The highest BCUT2D eigenvalue weighted by molar-refractivity contribution is 5.94. The fraction of sp³-hybridized carbons (Fsp3) is 0.417. The van der Waals surface area contributed by atoms with E-state index in [2.05, 4.69) is 30.9 Å². The number of nitrogens with zero attached hydrogens (tertiary/aromatic N) is 4. The van der Waals surface area contributed by atoms with Gasteiger partial charge in [-0.3, -0.25) is 9.78 Å². The van der Waals surface area contributed by atoms with Crippen LogP contribution in [0.25, 0.3) is 0 Å². The van der Waals surface area contributed by atoms with Gasteiger partial charge in [-0.05, 0) is 25.0 Å². The Morgan fingerprint density at radius 2 is 2.32 bits per heavy atom. The molecule has 2 aromatic rings. The summed E-state index contributed by atoms with van der Waals surface area (Å²) in [4.78, 5) is 16.2. The lowest BCUT2D eigenvalue weighted by molar-refractivity contribution is 0.0932. The molecule has 2 rings (SSSR count). The number of hydrogen-bond acceptors (Lipinski definition) is 5. The molecule has 2 aromatic heterocycles. The first-order chi connectivity index (χ1) is 9.20. The molecule has 0 aliphatic rings. The van der Waals surface area contributed by atoms with Gasteiger partial charge in [-0.2, -0.15) is 5.21 Å². The predicted molar refractivity (Wildman–Crippen MR) is 68.3 cm³/mol. The topological polar surface area (TPSA) is 96.5 Å². The summed E-state index contributed by atoms with van der Waals surface area (Å²) in [6.45, 7) is 3.93. The second-order valence-electron chi connectivity index (χ2n) is 4.34. The van der Waals surface area contributed by atoms with E-state index < -0.39 is 0 Å². The van der Waals surface area contributed by atoms with Crippen LogP contribution in [0.4, 0.5) is 0 Å². The lowest BCUT2D eigenvalue weighted by atomic mass is 10.1. The van der Waals surface area contributed by atoms with Gasteiger partial charge >= 0.3 is 0 Å². The van der Waals surface area contributed by atoms with Crippen molar-refractivity contribution in [3.8, 4) is 0 Å². The van der Waals surface area contributed by atoms with Crippen LogP contribution in [0.5, 0.6) is 0 Å². The van der Waals surface area contributed by atoms with Gasteiger partial charge in [0.1, 0.15) is 0 Å². The van der Waals surface area contributed by atoms with Crippen LogP contribution in [0, 0.1) is 6.92 Å². The summed E-state index contributed by atoms with van der Waals surface area (Å²) in [5, 5.41) is 16.7. The zero-order chi connectivity index (χ0) is 13.7. The minimum atomic E-state index is -0.239. The fourth-order valence-electron chi connectivity index (χ4n) is 1.79. The molecule has 100 valence electrons. The van der Waals surface area contributed by atoms with E-state index in [0.29, 0.717) is 11.4 Å². The van der Waals surface area contributed by atoms with Crippen LogP contribution in [0.15, 0.2) is 18.5 Å². The number of H-pyrrole nitrogens is 1. The molecule has 0 aromatic carbocycles. The second-order valence-corrected chi connectivity index (χ2v) is 4.34. The van der Waals surface area contributed by atoms with Crippen LogP contribution in [0.2, 0.25) is 0 Å². The molecule has 7 nitrogen and oxygen atoms in total. The van der Waals surface area contributed by atoms with E-state index in [1.807, 2.05) is 13.8 Å². The highest BCUT2D eigenvalue weighted by atomic mass is 16.1. The first kappa shape index (κ1) is 13.1. The van der Waals surface area contributed by atoms with Crippen LogP contribution in [-0.2, 0) is 0 Å². The Morgan fingerprint density at radius 3 is 2.95 bits per heavy atom. The number of hydrogen-bond donors (Lipinski definition) is 2. The average molecular weight is 260 g/mol. The van der Waals surface area contributed by atoms with Gasteiger partial charge in [-0.15, -0.1) is 10.2 Å². The van der Waals surface area contributed by atoms with Gasteiger partial charge in [0.05, 0.1) is 11.6 Å². The van der Waals surface area contributed by atoms with Crippen LogP contribution < -0.4 is 5.32 Å². The highest BCUT2D eigenvalue weighted by Crippen LogP contribution is 2.14. The third-order valence-corrected chi connectivity index (χ3v) is 2.69. The number of carbonyl (C=O) groups excluding carboxylic acids is 1. The largest absolute Gasteiger partial charge is 0.342 e. The summed E-state index contributed by atoms with van der Waals surface area (Å²) in [6.07, 6.45) is 4.91. The number of tetrazole rings is 1. The van der Waals surface area contributed by atoms with Crippen molar-refractivity contribution >= 4 is 5.91 Å². The monoisotopic (exact) mass is 260 g/mol. The zero-order valence-corrected chi connectivity index (χ0v) is 10.9. The van der Waals surface area contributed by atoms with Gasteiger partial charge in [0.15, 0.2) is 5.82 Å². The van der Waals surface area contributed by atoms with Crippen LogP contribution in [-0.4, -0.2) is 31.5 Å². The van der Waals surface area contributed by atoms with Gasteiger partial charge in [0, 0.05) is 12.4 Å². The van der Waals surface area contributed by atoms with Crippen molar-refractivity contribution in [1.82, 2.24) is 30.9 Å². The first-order valence-corrected chi connectivity index (χ1v) is 6.16. The molecular weight excluding hydrogens is 244 g/mol.